The van der Waals surface area contributed by atoms with Gasteiger partial charge in [-0.05, 0) is 30.3 Å². The molecule has 0 aliphatic carbocycles. The van der Waals surface area contributed by atoms with E-state index in [2.05, 4.69) is 21.8 Å². The molecule has 0 amide bonds. The standard InChI is InChI=1S/C23H20N4O2S/c1-28-17-8-6-15(7-9-17)19-14-30-21(27-19)10-11-25-22-16(12-24)13-26-23-18(22)4-3-5-20(23)29-2/h3-9,13-14H,10-11H2,1-2H3,(H,25,26). The topological polar surface area (TPSA) is 80.1 Å². The predicted octanol–water partition coefficient (Wildman–Crippen LogP) is 4.90. The minimum atomic E-state index is 0.508. The second-order valence-electron chi connectivity index (χ2n) is 6.55. The van der Waals surface area contributed by atoms with Crippen molar-refractivity contribution in [3.8, 4) is 28.8 Å². The number of fused-ring (bicyclic) bond motifs is 1. The molecule has 1 N–H and O–H groups in total. The molecule has 7 heteroatoms. The Kier molecular flexibility index (Phi) is 5.77. The SMILES string of the molecule is COc1ccc(-c2csc(CCNc3c(C#N)cnc4c(OC)cccc34)n2)cc1. The number of pyridine rings is 1. The lowest BCUT2D eigenvalue weighted by Gasteiger charge is -2.12. The minimum absolute atomic E-state index is 0.508. The summed E-state index contributed by atoms with van der Waals surface area (Å²) < 4.78 is 10.6. The summed E-state index contributed by atoms with van der Waals surface area (Å²) in [5, 5.41) is 16.9. The van der Waals surface area contributed by atoms with E-state index in [4.69, 9.17) is 14.5 Å². The van der Waals surface area contributed by atoms with Gasteiger partial charge in [0, 0.05) is 35.5 Å². The number of ether oxygens (including phenoxy) is 2. The van der Waals surface area contributed by atoms with Gasteiger partial charge in [0.2, 0.25) is 0 Å². The lowest BCUT2D eigenvalue weighted by molar-refractivity contribution is 0.415. The number of nitrogens with zero attached hydrogens (tertiary/aromatic N) is 3. The Morgan fingerprint density at radius 1 is 1.10 bits per heavy atom. The molecule has 2 heterocycles. The van der Waals surface area contributed by atoms with E-state index in [0.29, 0.717) is 17.9 Å². The fraction of sp³-hybridized carbons (Fsp3) is 0.174. The van der Waals surface area contributed by atoms with Gasteiger partial charge in [-0.1, -0.05) is 12.1 Å². The number of hydrogen-bond donors (Lipinski definition) is 1. The van der Waals surface area contributed by atoms with Crippen molar-refractivity contribution in [1.29, 1.82) is 5.26 Å². The van der Waals surface area contributed by atoms with E-state index >= 15 is 0 Å². The fourth-order valence-electron chi connectivity index (χ4n) is 3.25. The predicted molar refractivity (Wildman–Crippen MR) is 119 cm³/mol. The molecular weight excluding hydrogens is 396 g/mol. The average Bonchev–Trinajstić information content (AvgIpc) is 3.27. The van der Waals surface area contributed by atoms with Gasteiger partial charge >= 0.3 is 0 Å². The van der Waals surface area contributed by atoms with Crippen molar-refractivity contribution in [3.05, 3.63) is 64.6 Å². The molecule has 0 unspecified atom stereocenters. The molecule has 0 saturated heterocycles. The van der Waals surface area contributed by atoms with Gasteiger partial charge in [0.15, 0.2) is 0 Å². The van der Waals surface area contributed by atoms with Crippen molar-refractivity contribution < 1.29 is 9.47 Å². The van der Waals surface area contributed by atoms with E-state index < -0.39 is 0 Å². The van der Waals surface area contributed by atoms with Crippen molar-refractivity contribution in [2.75, 3.05) is 26.1 Å². The Morgan fingerprint density at radius 3 is 2.67 bits per heavy atom. The second kappa shape index (κ2) is 8.80. The third-order valence-electron chi connectivity index (χ3n) is 4.78. The number of hydrogen-bond acceptors (Lipinski definition) is 7. The van der Waals surface area contributed by atoms with Crippen LogP contribution in [-0.2, 0) is 6.42 Å². The summed E-state index contributed by atoms with van der Waals surface area (Å²) in [7, 11) is 3.27. The van der Waals surface area contributed by atoms with Crippen LogP contribution in [0, 0.1) is 11.3 Å². The Morgan fingerprint density at radius 2 is 1.93 bits per heavy atom. The lowest BCUT2D eigenvalue weighted by atomic mass is 10.1. The van der Waals surface area contributed by atoms with Crippen LogP contribution in [-0.4, -0.2) is 30.7 Å². The average molecular weight is 417 g/mol. The van der Waals surface area contributed by atoms with Gasteiger partial charge in [0.25, 0.3) is 0 Å². The molecule has 4 aromatic rings. The highest BCUT2D eigenvalue weighted by molar-refractivity contribution is 7.09. The van der Waals surface area contributed by atoms with Crippen LogP contribution in [0.15, 0.2) is 54.0 Å². The van der Waals surface area contributed by atoms with Crippen molar-refractivity contribution in [2.45, 2.75) is 6.42 Å². The van der Waals surface area contributed by atoms with Gasteiger partial charge in [-0.25, -0.2) is 4.98 Å². The first-order valence-electron chi connectivity index (χ1n) is 9.42. The van der Waals surface area contributed by atoms with Gasteiger partial charge in [-0.3, -0.25) is 4.98 Å². The van der Waals surface area contributed by atoms with Gasteiger partial charge in [0.05, 0.1) is 36.2 Å². The van der Waals surface area contributed by atoms with Crippen LogP contribution in [0.4, 0.5) is 5.69 Å². The maximum absolute atomic E-state index is 9.51. The zero-order chi connectivity index (χ0) is 20.9. The first kappa shape index (κ1) is 19.7. The number of nitriles is 1. The van der Waals surface area contributed by atoms with Crippen LogP contribution >= 0.6 is 11.3 Å². The monoisotopic (exact) mass is 416 g/mol. The molecule has 0 aliphatic rings. The first-order chi connectivity index (χ1) is 14.7. The maximum Gasteiger partial charge on any atom is 0.145 e. The van der Waals surface area contributed by atoms with Crippen LogP contribution < -0.4 is 14.8 Å². The van der Waals surface area contributed by atoms with Crippen LogP contribution in [0.2, 0.25) is 0 Å². The third kappa shape index (κ3) is 3.91. The van der Waals surface area contributed by atoms with Crippen molar-refractivity contribution in [3.63, 3.8) is 0 Å². The summed E-state index contributed by atoms with van der Waals surface area (Å²) in [4.78, 5) is 9.13. The number of para-hydroxylation sites is 1. The molecule has 4 rings (SSSR count). The highest BCUT2D eigenvalue weighted by Crippen LogP contribution is 2.31. The molecule has 30 heavy (non-hydrogen) atoms. The second-order valence-corrected chi connectivity index (χ2v) is 7.49. The van der Waals surface area contributed by atoms with Crippen molar-refractivity contribution in [1.82, 2.24) is 9.97 Å². The van der Waals surface area contributed by atoms with Gasteiger partial charge < -0.3 is 14.8 Å². The summed E-state index contributed by atoms with van der Waals surface area (Å²) >= 11 is 1.63. The van der Waals surface area contributed by atoms with E-state index in [1.165, 1.54) is 0 Å². The summed E-state index contributed by atoms with van der Waals surface area (Å²) in [6.45, 7) is 0.653. The molecule has 0 fully saturated rings. The van der Waals surface area contributed by atoms with E-state index in [0.717, 1.165) is 45.0 Å². The molecule has 6 nitrogen and oxygen atoms in total. The molecule has 0 saturated carbocycles. The quantitative estimate of drug-likeness (QED) is 0.461. The van der Waals surface area contributed by atoms with Gasteiger partial charge in [-0.15, -0.1) is 11.3 Å². The molecule has 0 aliphatic heterocycles. The summed E-state index contributed by atoms with van der Waals surface area (Å²) in [5.74, 6) is 1.51. The normalized spacial score (nSPS) is 10.6. The smallest absolute Gasteiger partial charge is 0.145 e. The number of aromatic nitrogens is 2. The van der Waals surface area contributed by atoms with Crippen LogP contribution in [0.3, 0.4) is 0 Å². The summed E-state index contributed by atoms with van der Waals surface area (Å²) in [6, 6.07) is 15.8. The van der Waals surface area contributed by atoms with Crippen LogP contribution in [0.1, 0.15) is 10.6 Å². The van der Waals surface area contributed by atoms with Crippen molar-refractivity contribution in [2.24, 2.45) is 0 Å². The van der Waals surface area contributed by atoms with E-state index in [1.54, 1.807) is 31.8 Å². The Hall–Kier alpha value is -3.63. The Balaban J connectivity index is 1.50. The lowest BCUT2D eigenvalue weighted by Crippen LogP contribution is -2.07. The van der Waals surface area contributed by atoms with E-state index in [9.17, 15) is 5.26 Å². The zero-order valence-electron chi connectivity index (χ0n) is 16.7. The molecule has 0 spiro atoms. The molecule has 0 bridgehead atoms. The Labute approximate surface area is 178 Å². The highest BCUT2D eigenvalue weighted by atomic mass is 32.1. The first-order valence-corrected chi connectivity index (χ1v) is 10.3. The third-order valence-corrected chi connectivity index (χ3v) is 5.69. The number of thiazole rings is 1. The minimum Gasteiger partial charge on any atom is -0.497 e. The molecule has 0 atom stereocenters. The number of nitrogens with one attached hydrogen (secondary N) is 1. The largest absolute Gasteiger partial charge is 0.497 e. The van der Waals surface area contributed by atoms with E-state index in [1.807, 2.05) is 42.5 Å². The number of methoxy groups -OCH3 is 2. The van der Waals surface area contributed by atoms with Crippen LogP contribution in [0.5, 0.6) is 11.5 Å². The van der Waals surface area contributed by atoms with Gasteiger partial charge in [0.1, 0.15) is 23.1 Å². The maximum atomic E-state index is 9.51. The Bertz CT molecular complexity index is 1210. The summed E-state index contributed by atoms with van der Waals surface area (Å²) in [6.07, 6.45) is 2.33. The van der Waals surface area contributed by atoms with Crippen LogP contribution in [0.25, 0.3) is 22.2 Å². The van der Waals surface area contributed by atoms with Crippen molar-refractivity contribution >= 4 is 27.9 Å². The number of rotatable bonds is 7. The molecule has 2 aromatic carbocycles. The summed E-state index contributed by atoms with van der Waals surface area (Å²) in [5.41, 5.74) is 4.03. The van der Waals surface area contributed by atoms with E-state index in [-0.39, 0.29) is 0 Å². The number of anilines is 1. The molecular formula is C23H20N4O2S. The molecule has 2 aromatic heterocycles. The fourth-order valence-corrected chi connectivity index (χ4v) is 4.06. The molecule has 0 radical (unpaired) electrons. The highest BCUT2D eigenvalue weighted by Gasteiger charge is 2.12. The number of benzene rings is 2. The van der Waals surface area contributed by atoms with Gasteiger partial charge in [-0.2, -0.15) is 5.26 Å². The zero-order valence-corrected chi connectivity index (χ0v) is 17.5. The molecule has 150 valence electrons.